The van der Waals surface area contributed by atoms with Crippen LogP contribution in [0.4, 0.5) is 5.69 Å². The van der Waals surface area contributed by atoms with Crippen molar-refractivity contribution in [3.05, 3.63) is 85.4 Å². The predicted octanol–water partition coefficient (Wildman–Crippen LogP) is 7.25. The molecule has 0 bridgehead atoms. The Hall–Kier alpha value is -1.80. The molecule has 0 atom stereocenters. The number of likely N-dealkylation sites (tertiary alicyclic amines) is 1. The predicted molar refractivity (Wildman–Crippen MR) is 156 cm³/mol. The molecule has 0 spiro atoms. The highest BCUT2D eigenvalue weighted by atomic mass is 127. The van der Waals surface area contributed by atoms with Gasteiger partial charge in [-0.3, -0.25) is 9.69 Å². The number of hydrogen-bond donors (Lipinski definition) is 0. The minimum atomic E-state index is -0.0776. The minimum Gasteiger partial charge on any atom is -0.469 e. The highest BCUT2D eigenvalue weighted by Crippen LogP contribution is 2.42. The van der Waals surface area contributed by atoms with Crippen molar-refractivity contribution >= 4 is 57.4 Å². The fourth-order valence-corrected chi connectivity index (χ4v) is 6.77. The van der Waals surface area contributed by atoms with E-state index in [0.29, 0.717) is 16.0 Å². The number of benzene rings is 3. The number of carbonyl (C=O) groups excluding carboxylic acids is 1. The number of halogens is 3. The van der Waals surface area contributed by atoms with Gasteiger partial charge in [-0.1, -0.05) is 65.7 Å². The Kier molecular flexibility index (Phi) is 8.11. The summed E-state index contributed by atoms with van der Waals surface area (Å²) in [6.07, 6.45) is 1.70. The van der Waals surface area contributed by atoms with E-state index < -0.39 is 0 Å². The third kappa shape index (κ3) is 5.40. The van der Waals surface area contributed by atoms with E-state index in [1.165, 1.54) is 32.9 Å². The number of esters is 1. The first-order valence-corrected chi connectivity index (χ1v) is 14.1. The maximum Gasteiger partial charge on any atom is 0.308 e. The van der Waals surface area contributed by atoms with E-state index in [2.05, 4.69) is 74.9 Å². The molecule has 2 aliphatic rings. The van der Waals surface area contributed by atoms with Gasteiger partial charge in [-0.15, -0.1) is 0 Å². The van der Waals surface area contributed by atoms with Crippen molar-refractivity contribution in [2.45, 2.75) is 25.3 Å². The molecule has 0 amide bonds. The number of anilines is 1. The third-order valence-corrected chi connectivity index (χ3v) is 8.99. The zero-order valence-electron chi connectivity index (χ0n) is 20.2. The van der Waals surface area contributed by atoms with Crippen LogP contribution in [-0.2, 0) is 16.1 Å². The second-order valence-electron chi connectivity index (χ2n) is 9.64. The second kappa shape index (κ2) is 11.3. The lowest BCUT2D eigenvalue weighted by Gasteiger charge is -2.42. The largest absolute Gasteiger partial charge is 0.469 e. The lowest BCUT2D eigenvalue weighted by atomic mass is 9.87. The summed E-state index contributed by atoms with van der Waals surface area (Å²) in [4.78, 5) is 16.7. The van der Waals surface area contributed by atoms with Crippen LogP contribution in [0.15, 0.2) is 60.7 Å². The summed E-state index contributed by atoms with van der Waals surface area (Å²) in [5, 5.41) is 1.40. The molecule has 0 aromatic heterocycles. The summed E-state index contributed by atoms with van der Waals surface area (Å²) in [6, 6.07) is 21.1. The molecule has 2 fully saturated rings. The van der Waals surface area contributed by atoms with E-state index in [-0.39, 0.29) is 11.9 Å². The molecule has 0 N–H and O–H groups in total. The molecule has 5 rings (SSSR count). The molecule has 0 radical (unpaired) electrons. The summed E-state index contributed by atoms with van der Waals surface area (Å²) in [6.45, 7) is 4.48. The van der Waals surface area contributed by atoms with Gasteiger partial charge in [-0.05, 0) is 89.0 Å². The molecule has 188 valence electrons. The molecule has 0 aliphatic carbocycles. The van der Waals surface area contributed by atoms with Crippen molar-refractivity contribution in [1.82, 2.24) is 4.90 Å². The normalized spacial score (nSPS) is 17.2. The molecule has 4 nitrogen and oxygen atoms in total. The first-order chi connectivity index (χ1) is 17.4. The van der Waals surface area contributed by atoms with Gasteiger partial charge in [0.05, 0.1) is 28.8 Å². The Balaban J connectivity index is 1.38. The topological polar surface area (TPSA) is 32.8 Å². The fourth-order valence-electron chi connectivity index (χ4n) is 5.31. The van der Waals surface area contributed by atoms with Gasteiger partial charge in [0.2, 0.25) is 0 Å². The first-order valence-electron chi connectivity index (χ1n) is 12.3. The minimum absolute atomic E-state index is 0.0227. The van der Waals surface area contributed by atoms with Crippen LogP contribution < -0.4 is 4.90 Å². The highest BCUT2D eigenvalue weighted by Gasteiger charge is 2.32. The zero-order valence-corrected chi connectivity index (χ0v) is 23.9. The van der Waals surface area contributed by atoms with E-state index >= 15 is 0 Å². The standard InChI is InChI=1S/C29H29Cl2IN2O2/c1-36-29(35)20-10-12-33(13-11-20)18-24-23(19-6-3-2-4-7-19)14-21(15-27(24)32)22-16-34(17-22)28-25(30)8-5-9-26(28)31/h2-9,14-15,20,22H,10-13,16-18H2,1H3. The van der Waals surface area contributed by atoms with Crippen LogP contribution in [0.25, 0.3) is 11.1 Å². The summed E-state index contributed by atoms with van der Waals surface area (Å²) in [5.41, 5.74) is 6.17. The van der Waals surface area contributed by atoms with Crippen LogP contribution in [0, 0.1) is 9.49 Å². The smallest absolute Gasteiger partial charge is 0.308 e. The molecule has 36 heavy (non-hydrogen) atoms. The van der Waals surface area contributed by atoms with Crippen LogP contribution in [-0.4, -0.2) is 44.2 Å². The fraction of sp³-hybridized carbons (Fsp3) is 0.345. The molecule has 3 aromatic rings. The number of nitrogens with zero attached hydrogens (tertiary/aromatic N) is 2. The van der Waals surface area contributed by atoms with Crippen molar-refractivity contribution in [1.29, 1.82) is 0 Å². The van der Waals surface area contributed by atoms with E-state index in [0.717, 1.165) is 51.3 Å². The maximum absolute atomic E-state index is 12.0. The Morgan fingerprint density at radius 1 is 1.00 bits per heavy atom. The number of carbonyl (C=O) groups is 1. The van der Waals surface area contributed by atoms with E-state index in [1.807, 2.05) is 18.2 Å². The average molecular weight is 635 g/mol. The number of rotatable bonds is 6. The lowest BCUT2D eigenvalue weighted by molar-refractivity contribution is -0.147. The number of ether oxygens (including phenoxy) is 1. The number of hydrogen-bond acceptors (Lipinski definition) is 4. The Labute approximate surface area is 236 Å². The van der Waals surface area contributed by atoms with Crippen LogP contribution in [0.1, 0.15) is 29.9 Å². The van der Waals surface area contributed by atoms with Gasteiger partial charge in [0.1, 0.15) is 0 Å². The molecule has 2 aliphatic heterocycles. The van der Waals surface area contributed by atoms with Gasteiger partial charge in [-0.2, -0.15) is 0 Å². The van der Waals surface area contributed by atoms with E-state index in [9.17, 15) is 4.79 Å². The SMILES string of the molecule is COC(=O)C1CCN(Cc2c(I)cc(C3CN(c4c(Cl)cccc4Cl)C3)cc2-c2ccccc2)CC1. The maximum atomic E-state index is 12.0. The van der Waals surface area contributed by atoms with Crippen LogP contribution in [0.3, 0.4) is 0 Å². The highest BCUT2D eigenvalue weighted by molar-refractivity contribution is 14.1. The van der Waals surface area contributed by atoms with Gasteiger partial charge in [0.15, 0.2) is 0 Å². The molecule has 7 heteroatoms. The van der Waals surface area contributed by atoms with Crippen molar-refractivity contribution < 1.29 is 9.53 Å². The van der Waals surface area contributed by atoms with Crippen molar-refractivity contribution in [3.8, 4) is 11.1 Å². The molecule has 0 unspecified atom stereocenters. The second-order valence-corrected chi connectivity index (χ2v) is 11.6. The summed E-state index contributed by atoms with van der Waals surface area (Å²) >= 11 is 15.4. The van der Waals surface area contributed by atoms with E-state index in [1.54, 1.807) is 0 Å². The van der Waals surface area contributed by atoms with Crippen LogP contribution in [0.2, 0.25) is 10.0 Å². The molecule has 3 aromatic carbocycles. The summed E-state index contributed by atoms with van der Waals surface area (Å²) in [5.74, 6) is 0.374. The number of methoxy groups -OCH3 is 1. The van der Waals surface area contributed by atoms with Crippen LogP contribution in [0.5, 0.6) is 0 Å². The Morgan fingerprint density at radius 3 is 2.31 bits per heavy atom. The number of para-hydroxylation sites is 1. The van der Waals surface area contributed by atoms with Gasteiger partial charge >= 0.3 is 5.97 Å². The van der Waals surface area contributed by atoms with Gasteiger partial charge in [-0.25, -0.2) is 0 Å². The van der Waals surface area contributed by atoms with Crippen molar-refractivity contribution in [2.24, 2.45) is 5.92 Å². The first kappa shape index (κ1) is 25.8. The zero-order chi connectivity index (χ0) is 25.2. The average Bonchev–Trinajstić information content (AvgIpc) is 2.86. The Bertz CT molecular complexity index is 1220. The lowest BCUT2D eigenvalue weighted by Crippen LogP contribution is -2.45. The van der Waals surface area contributed by atoms with Crippen molar-refractivity contribution in [2.75, 3.05) is 38.2 Å². The molecular weight excluding hydrogens is 606 g/mol. The molecule has 2 heterocycles. The molecule has 2 saturated heterocycles. The summed E-state index contributed by atoms with van der Waals surface area (Å²) in [7, 11) is 1.48. The quantitative estimate of drug-likeness (QED) is 0.211. The molecular formula is C29H29Cl2IN2O2. The summed E-state index contributed by atoms with van der Waals surface area (Å²) < 4.78 is 6.25. The van der Waals surface area contributed by atoms with Crippen LogP contribution >= 0.6 is 45.8 Å². The van der Waals surface area contributed by atoms with Gasteiger partial charge in [0, 0.05) is 29.1 Å². The Morgan fingerprint density at radius 2 is 1.67 bits per heavy atom. The third-order valence-electron chi connectivity index (χ3n) is 7.41. The number of piperidine rings is 1. The van der Waals surface area contributed by atoms with E-state index in [4.69, 9.17) is 27.9 Å². The van der Waals surface area contributed by atoms with Crippen molar-refractivity contribution in [3.63, 3.8) is 0 Å². The van der Waals surface area contributed by atoms with Gasteiger partial charge < -0.3 is 9.64 Å². The molecule has 0 saturated carbocycles. The monoisotopic (exact) mass is 634 g/mol. The van der Waals surface area contributed by atoms with Gasteiger partial charge in [0.25, 0.3) is 0 Å².